The normalized spacial score (nSPS) is 12.4. The second-order valence-electron chi connectivity index (χ2n) is 5.19. The maximum absolute atomic E-state index is 12.0. The molecule has 0 saturated heterocycles. The fourth-order valence-electron chi connectivity index (χ4n) is 2.39. The second kappa shape index (κ2) is 7.09. The van der Waals surface area contributed by atoms with Crippen LogP contribution in [0.5, 0.6) is 0 Å². The van der Waals surface area contributed by atoms with Crippen molar-refractivity contribution < 1.29 is 13.9 Å². The van der Waals surface area contributed by atoms with E-state index in [2.05, 4.69) is 4.90 Å². The van der Waals surface area contributed by atoms with Gasteiger partial charge >= 0.3 is 5.97 Å². The molecule has 0 N–H and O–H groups in total. The summed E-state index contributed by atoms with van der Waals surface area (Å²) >= 11 is 0. The first-order valence-electron chi connectivity index (χ1n) is 6.96. The minimum Gasteiger partial charge on any atom is -0.469 e. The molecule has 1 unspecified atom stereocenters. The molecule has 0 saturated carbocycles. The maximum Gasteiger partial charge on any atom is 0.314 e. The van der Waals surface area contributed by atoms with Crippen LogP contribution in [0.25, 0.3) is 0 Å². The number of hydrogen-bond acceptors (Lipinski definition) is 4. The van der Waals surface area contributed by atoms with E-state index in [-0.39, 0.29) is 11.9 Å². The van der Waals surface area contributed by atoms with E-state index >= 15 is 0 Å². The summed E-state index contributed by atoms with van der Waals surface area (Å²) in [5, 5.41) is 0. The topological polar surface area (TPSA) is 42.7 Å². The van der Waals surface area contributed by atoms with Crippen molar-refractivity contribution in [1.82, 2.24) is 4.90 Å². The second-order valence-corrected chi connectivity index (χ2v) is 5.19. The minimum atomic E-state index is -0.284. The van der Waals surface area contributed by atoms with Gasteiger partial charge < -0.3 is 14.1 Å². The molecule has 0 aliphatic heterocycles. The summed E-state index contributed by atoms with van der Waals surface area (Å²) in [6, 6.07) is 11.7. The van der Waals surface area contributed by atoms with Crippen molar-refractivity contribution in [3.05, 3.63) is 59.5 Å². The summed E-state index contributed by atoms with van der Waals surface area (Å²) < 4.78 is 10.2. The van der Waals surface area contributed by atoms with Gasteiger partial charge in [0.25, 0.3) is 0 Å². The first-order valence-corrected chi connectivity index (χ1v) is 6.96. The van der Waals surface area contributed by atoms with Gasteiger partial charge in [-0.05, 0) is 25.6 Å². The number of likely N-dealkylation sites (N-methyl/N-ethyl adjacent to an activating group) is 1. The Morgan fingerprint density at radius 1 is 1.29 bits per heavy atom. The van der Waals surface area contributed by atoms with Gasteiger partial charge in [0.15, 0.2) is 0 Å². The van der Waals surface area contributed by atoms with E-state index in [1.807, 2.05) is 50.4 Å². The van der Waals surface area contributed by atoms with Crippen molar-refractivity contribution in [3.8, 4) is 0 Å². The number of benzene rings is 1. The molecule has 0 aliphatic rings. The Labute approximate surface area is 125 Å². The fraction of sp³-hybridized carbons (Fsp3) is 0.353. The van der Waals surface area contributed by atoms with Crippen LogP contribution in [0.2, 0.25) is 0 Å². The van der Waals surface area contributed by atoms with Gasteiger partial charge in [-0.3, -0.25) is 4.79 Å². The summed E-state index contributed by atoms with van der Waals surface area (Å²) in [5.41, 5.74) is 2.11. The molecular weight excluding hydrogens is 266 g/mol. The molecule has 1 heterocycles. The van der Waals surface area contributed by atoms with Crippen molar-refractivity contribution in [1.29, 1.82) is 0 Å². The number of rotatable bonds is 6. The van der Waals surface area contributed by atoms with Crippen molar-refractivity contribution in [2.45, 2.75) is 19.4 Å². The predicted octanol–water partition coefficient (Wildman–Crippen LogP) is 2.98. The number of methoxy groups -OCH3 is 1. The third-order valence-corrected chi connectivity index (χ3v) is 3.59. The molecule has 4 heteroatoms. The van der Waals surface area contributed by atoms with Crippen LogP contribution < -0.4 is 0 Å². The first-order chi connectivity index (χ1) is 10.1. The lowest BCUT2D eigenvalue weighted by atomic mass is 9.98. The SMILES string of the molecule is COC(=O)C(CN(C)Cc1ccoc1C)c1ccccc1. The molecule has 1 aromatic heterocycles. The summed E-state index contributed by atoms with van der Waals surface area (Å²) in [6.45, 7) is 3.28. The molecule has 4 nitrogen and oxygen atoms in total. The highest BCUT2D eigenvalue weighted by molar-refractivity contribution is 5.78. The number of furan rings is 1. The highest BCUT2D eigenvalue weighted by Crippen LogP contribution is 2.20. The van der Waals surface area contributed by atoms with Gasteiger partial charge in [-0.1, -0.05) is 30.3 Å². The van der Waals surface area contributed by atoms with Gasteiger partial charge in [0.05, 0.1) is 19.3 Å². The minimum absolute atomic E-state index is 0.211. The molecule has 0 radical (unpaired) electrons. The van der Waals surface area contributed by atoms with Gasteiger partial charge in [0.2, 0.25) is 0 Å². The average Bonchev–Trinajstić information content (AvgIpc) is 2.90. The zero-order chi connectivity index (χ0) is 15.2. The van der Waals surface area contributed by atoms with Gasteiger partial charge in [0, 0.05) is 18.7 Å². The fourth-order valence-corrected chi connectivity index (χ4v) is 2.39. The van der Waals surface area contributed by atoms with Crippen LogP contribution in [-0.2, 0) is 16.1 Å². The third-order valence-electron chi connectivity index (χ3n) is 3.59. The maximum atomic E-state index is 12.0. The largest absolute Gasteiger partial charge is 0.469 e. The zero-order valence-corrected chi connectivity index (χ0v) is 12.7. The average molecular weight is 287 g/mol. The van der Waals surface area contributed by atoms with Crippen LogP contribution in [-0.4, -0.2) is 31.6 Å². The van der Waals surface area contributed by atoms with E-state index in [0.29, 0.717) is 6.54 Å². The molecule has 0 amide bonds. The molecule has 112 valence electrons. The van der Waals surface area contributed by atoms with E-state index in [1.54, 1.807) is 6.26 Å². The van der Waals surface area contributed by atoms with E-state index in [4.69, 9.17) is 9.15 Å². The molecule has 0 aliphatic carbocycles. The Balaban J connectivity index is 2.08. The van der Waals surface area contributed by atoms with Gasteiger partial charge in [-0.25, -0.2) is 0 Å². The Hall–Kier alpha value is -2.07. The standard InChI is InChI=1S/C17H21NO3/c1-13-15(9-10-21-13)11-18(2)12-16(17(19)20-3)14-7-5-4-6-8-14/h4-10,16H,11-12H2,1-3H3. The Kier molecular flexibility index (Phi) is 5.17. The Bertz CT molecular complexity index is 577. The first kappa shape index (κ1) is 15.3. The number of carbonyl (C=O) groups excluding carboxylic acids is 1. The summed E-state index contributed by atoms with van der Waals surface area (Å²) in [5.74, 6) is 0.418. The number of hydrogen-bond donors (Lipinski definition) is 0. The summed E-state index contributed by atoms with van der Waals surface area (Å²) in [7, 11) is 3.42. The number of nitrogens with zero attached hydrogens (tertiary/aromatic N) is 1. The van der Waals surface area contributed by atoms with E-state index in [9.17, 15) is 4.79 Å². The van der Waals surface area contributed by atoms with E-state index in [0.717, 1.165) is 23.4 Å². The number of carbonyl (C=O) groups is 1. The molecule has 0 fully saturated rings. The van der Waals surface area contributed by atoms with Crippen molar-refractivity contribution in [3.63, 3.8) is 0 Å². The molecule has 21 heavy (non-hydrogen) atoms. The molecular formula is C17H21NO3. The summed E-state index contributed by atoms with van der Waals surface area (Å²) in [4.78, 5) is 14.2. The summed E-state index contributed by atoms with van der Waals surface area (Å²) in [6.07, 6.45) is 1.69. The Morgan fingerprint density at radius 2 is 2.00 bits per heavy atom. The van der Waals surface area contributed by atoms with E-state index < -0.39 is 0 Å². The van der Waals surface area contributed by atoms with Crippen LogP contribution in [0.4, 0.5) is 0 Å². The van der Waals surface area contributed by atoms with E-state index in [1.165, 1.54) is 7.11 Å². The molecule has 1 atom stereocenters. The Morgan fingerprint density at radius 3 is 2.57 bits per heavy atom. The molecule has 1 aromatic carbocycles. The van der Waals surface area contributed by atoms with Crippen molar-refractivity contribution in [2.24, 2.45) is 0 Å². The third kappa shape index (κ3) is 3.95. The zero-order valence-electron chi connectivity index (χ0n) is 12.7. The highest BCUT2D eigenvalue weighted by Gasteiger charge is 2.23. The molecule has 0 spiro atoms. The van der Waals surface area contributed by atoms with Crippen LogP contribution in [0.15, 0.2) is 47.1 Å². The smallest absolute Gasteiger partial charge is 0.314 e. The lowest BCUT2D eigenvalue weighted by Crippen LogP contribution is -2.29. The van der Waals surface area contributed by atoms with Crippen LogP contribution >= 0.6 is 0 Å². The molecule has 2 rings (SSSR count). The monoisotopic (exact) mass is 287 g/mol. The van der Waals surface area contributed by atoms with Crippen LogP contribution in [0.3, 0.4) is 0 Å². The van der Waals surface area contributed by atoms with Crippen LogP contribution in [0, 0.1) is 6.92 Å². The van der Waals surface area contributed by atoms with Gasteiger partial charge in [-0.2, -0.15) is 0 Å². The van der Waals surface area contributed by atoms with Crippen molar-refractivity contribution >= 4 is 5.97 Å². The van der Waals surface area contributed by atoms with Gasteiger partial charge in [0.1, 0.15) is 5.76 Å². The number of esters is 1. The van der Waals surface area contributed by atoms with Crippen molar-refractivity contribution in [2.75, 3.05) is 20.7 Å². The molecule has 0 bridgehead atoms. The van der Waals surface area contributed by atoms with Crippen LogP contribution in [0.1, 0.15) is 22.8 Å². The highest BCUT2D eigenvalue weighted by atomic mass is 16.5. The lowest BCUT2D eigenvalue weighted by Gasteiger charge is -2.22. The quantitative estimate of drug-likeness (QED) is 0.766. The predicted molar refractivity (Wildman–Crippen MR) is 81.0 cm³/mol. The lowest BCUT2D eigenvalue weighted by molar-refractivity contribution is -0.142. The molecule has 2 aromatic rings. The van der Waals surface area contributed by atoms with Gasteiger partial charge in [-0.15, -0.1) is 0 Å². The number of ether oxygens (including phenoxy) is 1. The number of aryl methyl sites for hydroxylation is 1.